The van der Waals surface area contributed by atoms with Gasteiger partial charge in [0.05, 0.1) is 0 Å². The van der Waals surface area contributed by atoms with Crippen molar-refractivity contribution in [2.75, 3.05) is 12.3 Å². The summed E-state index contributed by atoms with van der Waals surface area (Å²) in [6.07, 6.45) is 6.86. The summed E-state index contributed by atoms with van der Waals surface area (Å²) >= 11 is 5.38. The zero-order valence-corrected chi connectivity index (χ0v) is 13.4. The maximum Gasteiger partial charge on any atom is 0.251 e. The molecular formula is C15H20BrNOS. The standard InChI is InChI=1S/C15H20BrNOS/c16-13-8-6-12(7-9-13)15(18)17-10-11-19-14-4-2-1-3-5-14/h6-9,14H,1-5,10-11H2,(H,17,18). The van der Waals surface area contributed by atoms with Gasteiger partial charge in [-0.1, -0.05) is 35.2 Å². The second-order valence-corrected chi connectivity index (χ2v) is 7.22. The molecule has 2 rings (SSSR count). The first-order chi connectivity index (χ1) is 9.25. The Morgan fingerprint density at radius 3 is 2.58 bits per heavy atom. The van der Waals surface area contributed by atoms with E-state index in [9.17, 15) is 4.79 Å². The molecule has 2 nitrogen and oxygen atoms in total. The van der Waals surface area contributed by atoms with E-state index in [0.717, 1.165) is 27.6 Å². The maximum atomic E-state index is 11.9. The van der Waals surface area contributed by atoms with Gasteiger partial charge in [-0.25, -0.2) is 0 Å². The van der Waals surface area contributed by atoms with Crippen molar-refractivity contribution in [3.63, 3.8) is 0 Å². The van der Waals surface area contributed by atoms with E-state index < -0.39 is 0 Å². The fraction of sp³-hybridized carbons (Fsp3) is 0.533. The van der Waals surface area contributed by atoms with Gasteiger partial charge < -0.3 is 5.32 Å². The Hall–Kier alpha value is -0.480. The van der Waals surface area contributed by atoms with Crippen LogP contribution in [0.1, 0.15) is 42.5 Å². The molecule has 0 aromatic heterocycles. The molecule has 1 aromatic carbocycles. The number of carbonyl (C=O) groups is 1. The predicted octanol–water partition coefficient (Wildman–Crippen LogP) is 4.24. The Balaban J connectivity index is 1.64. The summed E-state index contributed by atoms with van der Waals surface area (Å²) in [5.41, 5.74) is 0.728. The quantitative estimate of drug-likeness (QED) is 0.811. The van der Waals surface area contributed by atoms with E-state index in [1.807, 2.05) is 36.0 Å². The Morgan fingerprint density at radius 2 is 1.89 bits per heavy atom. The summed E-state index contributed by atoms with van der Waals surface area (Å²) < 4.78 is 0.997. The van der Waals surface area contributed by atoms with Gasteiger partial charge >= 0.3 is 0 Å². The lowest BCUT2D eigenvalue weighted by Crippen LogP contribution is -2.26. The molecule has 1 aromatic rings. The second-order valence-electron chi connectivity index (χ2n) is 4.89. The number of benzene rings is 1. The third-order valence-electron chi connectivity index (χ3n) is 3.40. The second kappa shape index (κ2) is 7.95. The largest absolute Gasteiger partial charge is 0.351 e. The molecule has 19 heavy (non-hydrogen) atoms. The molecular weight excluding hydrogens is 322 g/mol. The highest BCUT2D eigenvalue weighted by atomic mass is 79.9. The molecule has 0 aliphatic heterocycles. The molecule has 1 amide bonds. The van der Waals surface area contributed by atoms with Gasteiger partial charge in [-0.15, -0.1) is 0 Å². The molecule has 0 unspecified atom stereocenters. The number of nitrogens with one attached hydrogen (secondary N) is 1. The van der Waals surface area contributed by atoms with E-state index >= 15 is 0 Å². The average Bonchev–Trinajstić information content (AvgIpc) is 2.45. The van der Waals surface area contributed by atoms with Gasteiger partial charge in [0.25, 0.3) is 5.91 Å². The number of halogens is 1. The number of rotatable bonds is 5. The van der Waals surface area contributed by atoms with Crippen molar-refractivity contribution >= 4 is 33.6 Å². The summed E-state index contributed by atoms with van der Waals surface area (Å²) in [6.45, 7) is 0.760. The van der Waals surface area contributed by atoms with Crippen molar-refractivity contribution in [2.45, 2.75) is 37.4 Å². The van der Waals surface area contributed by atoms with E-state index in [1.165, 1.54) is 32.1 Å². The summed E-state index contributed by atoms with van der Waals surface area (Å²) in [5, 5.41) is 3.80. The maximum absolute atomic E-state index is 11.9. The van der Waals surface area contributed by atoms with E-state index in [0.29, 0.717) is 0 Å². The van der Waals surface area contributed by atoms with E-state index in [-0.39, 0.29) is 5.91 Å². The van der Waals surface area contributed by atoms with Gasteiger partial charge in [-0.3, -0.25) is 4.79 Å². The summed E-state index contributed by atoms with van der Waals surface area (Å²) in [5.74, 6) is 1.05. The van der Waals surface area contributed by atoms with Crippen LogP contribution in [0.15, 0.2) is 28.7 Å². The van der Waals surface area contributed by atoms with Crippen LogP contribution >= 0.6 is 27.7 Å². The van der Waals surface area contributed by atoms with Crippen LogP contribution in [0, 0.1) is 0 Å². The highest BCUT2D eigenvalue weighted by Gasteiger charge is 2.13. The number of amides is 1. The lowest BCUT2D eigenvalue weighted by atomic mass is 10.0. The third-order valence-corrected chi connectivity index (χ3v) is 5.31. The van der Waals surface area contributed by atoms with E-state index in [4.69, 9.17) is 0 Å². The lowest BCUT2D eigenvalue weighted by molar-refractivity contribution is 0.0956. The Bertz CT molecular complexity index is 401. The van der Waals surface area contributed by atoms with Crippen molar-refractivity contribution in [1.29, 1.82) is 0 Å². The minimum atomic E-state index is 0.0248. The number of hydrogen-bond acceptors (Lipinski definition) is 2. The van der Waals surface area contributed by atoms with Gasteiger partial charge in [0.2, 0.25) is 0 Å². The Morgan fingerprint density at radius 1 is 1.21 bits per heavy atom. The number of hydrogen-bond donors (Lipinski definition) is 1. The predicted molar refractivity (Wildman–Crippen MR) is 85.8 cm³/mol. The first-order valence-corrected chi connectivity index (χ1v) is 8.75. The van der Waals surface area contributed by atoms with E-state index in [2.05, 4.69) is 21.2 Å². The third kappa shape index (κ3) is 5.19. The van der Waals surface area contributed by atoms with Gasteiger partial charge in [-0.05, 0) is 37.1 Å². The topological polar surface area (TPSA) is 29.1 Å². The molecule has 0 bridgehead atoms. The molecule has 1 fully saturated rings. The van der Waals surface area contributed by atoms with Crippen molar-refractivity contribution in [2.24, 2.45) is 0 Å². The SMILES string of the molecule is O=C(NCCSC1CCCCC1)c1ccc(Br)cc1. The number of carbonyl (C=O) groups excluding carboxylic acids is 1. The summed E-state index contributed by atoms with van der Waals surface area (Å²) in [7, 11) is 0. The average molecular weight is 342 g/mol. The smallest absolute Gasteiger partial charge is 0.251 e. The lowest BCUT2D eigenvalue weighted by Gasteiger charge is -2.20. The zero-order chi connectivity index (χ0) is 13.5. The Kier molecular flexibility index (Phi) is 6.24. The van der Waals surface area contributed by atoms with Gasteiger partial charge in [0.1, 0.15) is 0 Å². The van der Waals surface area contributed by atoms with Gasteiger partial charge in [0.15, 0.2) is 0 Å². The summed E-state index contributed by atoms with van der Waals surface area (Å²) in [4.78, 5) is 11.9. The van der Waals surface area contributed by atoms with Crippen LogP contribution < -0.4 is 5.32 Å². The highest BCUT2D eigenvalue weighted by Crippen LogP contribution is 2.27. The van der Waals surface area contributed by atoms with Crippen molar-refractivity contribution in [1.82, 2.24) is 5.32 Å². The van der Waals surface area contributed by atoms with Gasteiger partial charge in [-0.2, -0.15) is 11.8 Å². The van der Waals surface area contributed by atoms with Crippen LogP contribution in [0.4, 0.5) is 0 Å². The monoisotopic (exact) mass is 341 g/mol. The van der Waals surface area contributed by atoms with Crippen molar-refractivity contribution in [3.05, 3.63) is 34.3 Å². The fourth-order valence-electron chi connectivity index (χ4n) is 2.33. The minimum Gasteiger partial charge on any atom is -0.351 e. The summed E-state index contributed by atoms with van der Waals surface area (Å²) in [6, 6.07) is 7.47. The van der Waals surface area contributed by atoms with Crippen LogP contribution in [0.3, 0.4) is 0 Å². The van der Waals surface area contributed by atoms with Crippen LogP contribution in [-0.2, 0) is 0 Å². The molecule has 1 aliphatic carbocycles. The van der Waals surface area contributed by atoms with E-state index in [1.54, 1.807) is 0 Å². The fourth-order valence-corrected chi connectivity index (χ4v) is 3.81. The van der Waals surface area contributed by atoms with Crippen LogP contribution in [0.2, 0.25) is 0 Å². The molecule has 0 atom stereocenters. The molecule has 4 heteroatoms. The molecule has 1 N–H and O–H groups in total. The molecule has 0 saturated heterocycles. The molecule has 0 radical (unpaired) electrons. The zero-order valence-electron chi connectivity index (χ0n) is 11.0. The first kappa shape index (κ1) is 14.9. The first-order valence-electron chi connectivity index (χ1n) is 6.91. The Labute approximate surface area is 127 Å². The van der Waals surface area contributed by atoms with Crippen molar-refractivity contribution in [3.8, 4) is 0 Å². The highest BCUT2D eigenvalue weighted by molar-refractivity contribution is 9.10. The molecule has 1 aliphatic rings. The molecule has 0 spiro atoms. The normalized spacial score (nSPS) is 16.3. The molecule has 0 heterocycles. The minimum absolute atomic E-state index is 0.0248. The van der Waals surface area contributed by atoms with Gasteiger partial charge in [0, 0.05) is 27.6 Å². The van der Waals surface area contributed by atoms with Crippen LogP contribution in [-0.4, -0.2) is 23.5 Å². The molecule has 104 valence electrons. The number of thioether (sulfide) groups is 1. The van der Waals surface area contributed by atoms with Crippen LogP contribution in [0.5, 0.6) is 0 Å². The van der Waals surface area contributed by atoms with Crippen molar-refractivity contribution < 1.29 is 4.79 Å². The molecule has 1 saturated carbocycles. The van der Waals surface area contributed by atoms with Crippen LogP contribution in [0.25, 0.3) is 0 Å².